The highest BCUT2D eigenvalue weighted by Crippen LogP contribution is 2.45. The molecule has 2 aromatic rings. The maximum absolute atomic E-state index is 13.1. The molecule has 0 unspecified atom stereocenters. The molecule has 0 aromatic heterocycles. The number of nitrogens with one attached hydrogen (secondary N) is 1. The van der Waals surface area contributed by atoms with Crippen LogP contribution in [-0.4, -0.2) is 26.9 Å². The van der Waals surface area contributed by atoms with E-state index < -0.39 is 10.0 Å². The van der Waals surface area contributed by atoms with Crippen molar-refractivity contribution in [2.45, 2.75) is 36.6 Å². The molecule has 5 rings (SSSR count). The SMILES string of the molecule is C=CCN1c2ccc(C(=O)N[C@@H]3C[C@H]4CC[C@H]3C4)cc2-c2ccccc2S1(=O)=O. The highest BCUT2D eigenvalue weighted by Gasteiger charge is 2.40. The van der Waals surface area contributed by atoms with Crippen molar-refractivity contribution >= 4 is 21.6 Å². The first-order chi connectivity index (χ1) is 14.0. The van der Waals surface area contributed by atoms with Crippen molar-refractivity contribution in [2.24, 2.45) is 11.8 Å². The van der Waals surface area contributed by atoms with Crippen molar-refractivity contribution in [1.82, 2.24) is 5.32 Å². The Labute approximate surface area is 171 Å². The number of carbonyl (C=O) groups excluding carboxylic acids is 1. The van der Waals surface area contributed by atoms with Crippen LogP contribution in [0.15, 0.2) is 60.0 Å². The van der Waals surface area contributed by atoms with E-state index in [-0.39, 0.29) is 23.4 Å². The van der Waals surface area contributed by atoms with Crippen molar-refractivity contribution in [3.05, 3.63) is 60.7 Å². The Bertz CT molecular complexity index is 1110. The predicted octanol–water partition coefficient (Wildman–Crippen LogP) is 3.97. The first-order valence-electron chi connectivity index (χ1n) is 10.2. The van der Waals surface area contributed by atoms with Gasteiger partial charge in [-0.3, -0.25) is 9.10 Å². The molecule has 29 heavy (non-hydrogen) atoms. The number of sulfonamides is 1. The van der Waals surface area contributed by atoms with Gasteiger partial charge in [-0.2, -0.15) is 0 Å². The third kappa shape index (κ3) is 2.89. The molecule has 150 valence electrons. The average molecular weight is 409 g/mol. The van der Waals surface area contributed by atoms with Crippen LogP contribution in [0.5, 0.6) is 0 Å². The van der Waals surface area contributed by atoms with Gasteiger partial charge in [0.05, 0.1) is 17.1 Å². The molecular formula is C23H24N2O3S. The summed E-state index contributed by atoms with van der Waals surface area (Å²) in [7, 11) is -3.65. The van der Waals surface area contributed by atoms with E-state index in [1.165, 1.54) is 23.6 Å². The molecular weight excluding hydrogens is 384 g/mol. The zero-order valence-corrected chi connectivity index (χ0v) is 17.0. The lowest BCUT2D eigenvalue weighted by Crippen LogP contribution is -2.38. The second-order valence-corrected chi connectivity index (χ2v) is 10.1. The molecule has 0 saturated heterocycles. The molecule has 2 fully saturated rings. The molecule has 2 aliphatic carbocycles. The minimum absolute atomic E-state index is 0.0773. The molecule has 1 amide bonds. The van der Waals surface area contributed by atoms with E-state index in [4.69, 9.17) is 0 Å². The molecule has 1 heterocycles. The maximum atomic E-state index is 13.1. The Morgan fingerprint density at radius 1 is 1.14 bits per heavy atom. The van der Waals surface area contributed by atoms with Gasteiger partial charge < -0.3 is 5.32 Å². The zero-order chi connectivity index (χ0) is 20.2. The summed E-state index contributed by atoms with van der Waals surface area (Å²) in [6.45, 7) is 3.88. The van der Waals surface area contributed by atoms with Crippen LogP contribution < -0.4 is 9.62 Å². The molecule has 5 nitrogen and oxygen atoms in total. The number of carbonyl (C=O) groups is 1. The summed E-state index contributed by atoms with van der Waals surface area (Å²) in [5.74, 6) is 1.29. The Hall–Kier alpha value is -2.60. The van der Waals surface area contributed by atoms with Gasteiger partial charge in [-0.1, -0.05) is 30.7 Å². The Morgan fingerprint density at radius 2 is 1.97 bits per heavy atom. The summed E-state index contributed by atoms with van der Waals surface area (Å²) in [4.78, 5) is 13.2. The Balaban J connectivity index is 1.53. The first kappa shape index (κ1) is 18.4. The van der Waals surface area contributed by atoms with Crippen LogP contribution in [0.1, 0.15) is 36.0 Å². The van der Waals surface area contributed by atoms with E-state index in [9.17, 15) is 13.2 Å². The Kier molecular flexibility index (Phi) is 4.28. The van der Waals surface area contributed by atoms with Gasteiger partial charge in [0.1, 0.15) is 0 Å². The highest BCUT2D eigenvalue weighted by atomic mass is 32.2. The maximum Gasteiger partial charge on any atom is 0.265 e. The van der Waals surface area contributed by atoms with Crippen molar-refractivity contribution < 1.29 is 13.2 Å². The second kappa shape index (κ2) is 6.73. The monoisotopic (exact) mass is 408 g/mol. The number of rotatable bonds is 4. The number of nitrogens with zero attached hydrogens (tertiary/aromatic N) is 1. The van der Waals surface area contributed by atoms with Crippen molar-refractivity contribution in [3.8, 4) is 11.1 Å². The van der Waals surface area contributed by atoms with E-state index >= 15 is 0 Å². The summed E-state index contributed by atoms with van der Waals surface area (Å²) in [6, 6.07) is 12.5. The molecule has 3 aliphatic rings. The molecule has 1 N–H and O–H groups in total. The lowest BCUT2D eigenvalue weighted by molar-refractivity contribution is 0.0923. The number of benzene rings is 2. The van der Waals surface area contributed by atoms with E-state index in [0.717, 1.165) is 17.9 Å². The van der Waals surface area contributed by atoms with Crippen LogP contribution in [0.3, 0.4) is 0 Å². The second-order valence-electron chi connectivity index (χ2n) is 8.31. The third-order valence-corrected chi connectivity index (χ3v) is 8.46. The van der Waals surface area contributed by atoms with Gasteiger partial charge in [-0.05, 0) is 55.4 Å². The summed E-state index contributed by atoms with van der Waals surface area (Å²) in [5.41, 5.74) is 2.55. The van der Waals surface area contributed by atoms with E-state index in [1.807, 2.05) is 12.1 Å². The van der Waals surface area contributed by atoms with Crippen molar-refractivity contribution in [3.63, 3.8) is 0 Å². The highest BCUT2D eigenvalue weighted by molar-refractivity contribution is 7.93. The molecule has 0 radical (unpaired) electrons. The fourth-order valence-electron chi connectivity index (χ4n) is 5.26. The van der Waals surface area contributed by atoms with Crippen LogP contribution in [0.25, 0.3) is 11.1 Å². The van der Waals surface area contributed by atoms with E-state index in [0.29, 0.717) is 22.7 Å². The van der Waals surface area contributed by atoms with E-state index in [1.54, 1.807) is 36.4 Å². The molecule has 1 aliphatic heterocycles. The predicted molar refractivity (Wildman–Crippen MR) is 113 cm³/mol. The first-order valence-corrected chi connectivity index (χ1v) is 11.6. The third-order valence-electron chi connectivity index (χ3n) is 6.62. The van der Waals surface area contributed by atoms with Gasteiger partial charge in [-0.15, -0.1) is 6.58 Å². The molecule has 6 heteroatoms. The van der Waals surface area contributed by atoms with Crippen LogP contribution in [0.4, 0.5) is 5.69 Å². The van der Waals surface area contributed by atoms with E-state index in [2.05, 4.69) is 11.9 Å². The average Bonchev–Trinajstić information content (AvgIpc) is 3.34. The summed E-state index contributed by atoms with van der Waals surface area (Å²) < 4.78 is 27.5. The number of hydrogen-bond donors (Lipinski definition) is 1. The number of fused-ring (bicyclic) bond motifs is 5. The summed E-state index contributed by atoms with van der Waals surface area (Å²) >= 11 is 0. The van der Waals surface area contributed by atoms with Crippen LogP contribution in [0, 0.1) is 11.8 Å². The van der Waals surface area contributed by atoms with Crippen LogP contribution in [0.2, 0.25) is 0 Å². The summed E-state index contributed by atoms with van der Waals surface area (Å²) in [5, 5.41) is 3.22. The van der Waals surface area contributed by atoms with Gasteiger partial charge >= 0.3 is 0 Å². The number of amides is 1. The molecule has 0 spiro atoms. The van der Waals surface area contributed by atoms with Crippen LogP contribution >= 0.6 is 0 Å². The largest absolute Gasteiger partial charge is 0.349 e. The topological polar surface area (TPSA) is 66.5 Å². The quantitative estimate of drug-likeness (QED) is 0.779. The zero-order valence-electron chi connectivity index (χ0n) is 16.2. The minimum atomic E-state index is -3.65. The van der Waals surface area contributed by atoms with Crippen LogP contribution in [-0.2, 0) is 10.0 Å². The smallest absolute Gasteiger partial charge is 0.265 e. The Morgan fingerprint density at radius 3 is 2.69 bits per heavy atom. The lowest BCUT2D eigenvalue weighted by atomic mass is 9.94. The van der Waals surface area contributed by atoms with Crippen molar-refractivity contribution in [1.29, 1.82) is 0 Å². The number of hydrogen-bond acceptors (Lipinski definition) is 3. The fraction of sp³-hybridized carbons (Fsp3) is 0.348. The van der Waals surface area contributed by atoms with Gasteiger partial charge in [0, 0.05) is 22.7 Å². The van der Waals surface area contributed by atoms with Crippen molar-refractivity contribution in [2.75, 3.05) is 10.8 Å². The standard InChI is InChI=1S/C23H24N2O3S/c1-2-11-25-21-10-9-17(23(26)24-20-13-15-7-8-16(20)12-15)14-19(21)18-5-3-4-6-22(18)29(25,27)28/h2-6,9-10,14-16,20H,1,7-8,11-13H2,(H,24,26)/t15-,16-,20+/m0/s1. The molecule has 3 atom stereocenters. The normalized spacial score (nSPS) is 25.9. The molecule has 2 bridgehead atoms. The van der Waals surface area contributed by atoms with Gasteiger partial charge in [0.2, 0.25) is 0 Å². The summed E-state index contributed by atoms with van der Waals surface area (Å²) in [6.07, 6.45) is 6.39. The fourth-order valence-corrected chi connectivity index (χ4v) is 6.92. The number of anilines is 1. The molecule has 2 saturated carbocycles. The molecule has 2 aromatic carbocycles. The van der Waals surface area contributed by atoms with Gasteiger partial charge in [0.25, 0.3) is 15.9 Å². The van der Waals surface area contributed by atoms with Gasteiger partial charge in [-0.25, -0.2) is 8.42 Å². The minimum Gasteiger partial charge on any atom is -0.349 e. The lowest BCUT2D eigenvalue weighted by Gasteiger charge is -2.31. The van der Waals surface area contributed by atoms with Gasteiger partial charge in [0.15, 0.2) is 0 Å².